The van der Waals surface area contributed by atoms with Crippen molar-refractivity contribution in [3.63, 3.8) is 0 Å². The molecule has 0 aliphatic carbocycles. The minimum atomic E-state index is -0.784. The molecule has 5 rings (SSSR count). The Hall–Kier alpha value is -4.84. The molecular formula is C35H34N2O4. The molecule has 6 nitrogen and oxygen atoms in total. The standard InChI is InChI=1S/C35H34N2O4/c1-3-4-8-22-41-30-20-14-25(15-21-30)33(38)31-32(26-11-9-10-24(2)23-26)37(35(40)34(31)39)29-18-16-28(17-19-29)36-27-12-6-5-7-13-27/h5-7,9-21,23,32,36,38H,3-4,8,22H2,1-2H3/b33-31-. The highest BCUT2D eigenvalue weighted by molar-refractivity contribution is 6.51. The number of nitrogens with one attached hydrogen (secondary N) is 1. The van der Waals surface area contributed by atoms with Crippen LogP contribution in [0.15, 0.2) is 109 Å². The Labute approximate surface area is 240 Å². The lowest BCUT2D eigenvalue weighted by atomic mass is 9.94. The first-order valence-electron chi connectivity index (χ1n) is 14.0. The van der Waals surface area contributed by atoms with Gasteiger partial charge in [-0.3, -0.25) is 14.5 Å². The van der Waals surface area contributed by atoms with Gasteiger partial charge in [0.15, 0.2) is 0 Å². The van der Waals surface area contributed by atoms with Crippen molar-refractivity contribution in [1.29, 1.82) is 0 Å². The van der Waals surface area contributed by atoms with Gasteiger partial charge in [-0.2, -0.15) is 0 Å². The summed E-state index contributed by atoms with van der Waals surface area (Å²) in [6, 6.07) is 31.0. The SMILES string of the molecule is CCCCCOc1ccc(/C(O)=C2/C(=O)C(=O)N(c3ccc(Nc4ccccc4)cc3)C2c2cccc(C)c2)cc1. The number of carbonyl (C=O) groups is 2. The first kappa shape index (κ1) is 27.7. The maximum atomic E-state index is 13.5. The van der Waals surface area contributed by atoms with Crippen molar-refractivity contribution in [1.82, 2.24) is 0 Å². The molecule has 1 fully saturated rings. The monoisotopic (exact) mass is 546 g/mol. The molecular weight excluding hydrogens is 512 g/mol. The number of aliphatic hydroxyl groups excluding tert-OH is 1. The number of benzene rings is 4. The van der Waals surface area contributed by atoms with Crippen LogP contribution in [0.2, 0.25) is 0 Å². The van der Waals surface area contributed by atoms with E-state index in [1.54, 1.807) is 24.3 Å². The van der Waals surface area contributed by atoms with Gasteiger partial charge < -0.3 is 15.2 Å². The summed E-state index contributed by atoms with van der Waals surface area (Å²) in [6.45, 7) is 4.72. The van der Waals surface area contributed by atoms with E-state index in [1.807, 2.05) is 85.8 Å². The summed E-state index contributed by atoms with van der Waals surface area (Å²) in [6.07, 6.45) is 3.19. The second kappa shape index (κ2) is 12.6. The van der Waals surface area contributed by atoms with Crippen LogP contribution < -0.4 is 15.0 Å². The fourth-order valence-electron chi connectivity index (χ4n) is 5.05. The van der Waals surface area contributed by atoms with Gasteiger partial charge in [0.25, 0.3) is 11.7 Å². The molecule has 6 heteroatoms. The van der Waals surface area contributed by atoms with Crippen molar-refractivity contribution in [2.75, 3.05) is 16.8 Å². The number of ether oxygens (including phenoxy) is 1. The molecule has 0 saturated carbocycles. The molecule has 1 amide bonds. The van der Waals surface area contributed by atoms with E-state index in [-0.39, 0.29) is 11.3 Å². The quantitative estimate of drug-likeness (QED) is 0.0914. The van der Waals surface area contributed by atoms with E-state index >= 15 is 0 Å². The molecule has 2 N–H and O–H groups in total. The van der Waals surface area contributed by atoms with E-state index in [4.69, 9.17) is 4.74 Å². The number of hydrogen-bond donors (Lipinski definition) is 2. The number of ketones is 1. The van der Waals surface area contributed by atoms with Gasteiger partial charge in [-0.1, -0.05) is 67.8 Å². The van der Waals surface area contributed by atoms with Crippen LogP contribution in [0.3, 0.4) is 0 Å². The second-order valence-electron chi connectivity index (χ2n) is 10.2. The van der Waals surface area contributed by atoms with Crippen molar-refractivity contribution in [3.05, 3.63) is 125 Å². The number of unbranched alkanes of at least 4 members (excludes halogenated alkanes) is 2. The van der Waals surface area contributed by atoms with Gasteiger partial charge in [-0.25, -0.2) is 0 Å². The first-order chi connectivity index (χ1) is 20.0. The van der Waals surface area contributed by atoms with Crippen LogP contribution in [-0.2, 0) is 9.59 Å². The molecule has 1 unspecified atom stereocenters. The smallest absolute Gasteiger partial charge is 0.300 e. The lowest BCUT2D eigenvalue weighted by molar-refractivity contribution is -0.132. The summed E-state index contributed by atoms with van der Waals surface area (Å²) < 4.78 is 5.80. The van der Waals surface area contributed by atoms with Crippen molar-refractivity contribution in [3.8, 4) is 5.75 Å². The summed E-state index contributed by atoms with van der Waals surface area (Å²) >= 11 is 0. The Morgan fingerprint density at radius 3 is 2.24 bits per heavy atom. The minimum Gasteiger partial charge on any atom is -0.507 e. The predicted molar refractivity (Wildman–Crippen MR) is 164 cm³/mol. The maximum Gasteiger partial charge on any atom is 0.300 e. The van der Waals surface area contributed by atoms with Gasteiger partial charge in [0.05, 0.1) is 18.2 Å². The third kappa shape index (κ3) is 6.17. The number of para-hydroxylation sites is 1. The fraction of sp³-hybridized carbons (Fsp3) is 0.200. The molecule has 1 heterocycles. The van der Waals surface area contributed by atoms with Gasteiger partial charge in [0, 0.05) is 22.6 Å². The second-order valence-corrected chi connectivity index (χ2v) is 10.2. The molecule has 0 radical (unpaired) electrons. The van der Waals surface area contributed by atoms with Crippen molar-refractivity contribution >= 4 is 34.5 Å². The molecule has 0 aromatic heterocycles. The molecule has 4 aromatic rings. The highest BCUT2D eigenvalue weighted by atomic mass is 16.5. The van der Waals surface area contributed by atoms with Crippen LogP contribution in [-0.4, -0.2) is 23.4 Å². The van der Waals surface area contributed by atoms with Crippen molar-refractivity contribution in [2.45, 2.75) is 39.2 Å². The van der Waals surface area contributed by atoms with Gasteiger partial charge >= 0.3 is 0 Å². The molecule has 4 aromatic carbocycles. The molecule has 208 valence electrons. The van der Waals surface area contributed by atoms with E-state index in [0.29, 0.717) is 23.6 Å². The number of nitrogens with zero attached hydrogens (tertiary/aromatic N) is 1. The average molecular weight is 547 g/mol. The number of amides is 1. The number of Topliss-reactive ketones (excluding diaryl/α,β-unsaturated/α-hetero) is 1. The van der Waals surface area contributed by atoms with Crippen LogP contribution in [0.25, 0.3) is 5.76 Å². The Bertz CT molecular complexity index is 1540. The van der Waals surface area contributed by atoms with Crippen LogP contribution in [0.4, 0.5) is 17.1 Å². The molecule has 1 atom stereocenters. The van der Waals surface area contributed by atoms with Crippen LogP contribution >= 0.6 is 0 Å². The third-order valence-electron chi connectivity index (χ3n) is 7.15. The van der Waals surface area contributed by atoms with E-state index < -0.39 is 17.7 Å². The number of anilines is 3. The molecule has 41 heavy (non-hydrogen) atoms. The molecule has 0 bridgehead atoms. The molecule has 0 spiro atoms. The third-order valence-corrected chi connectivity index (χ3v) is 7.15. The number of hydrogen-bond acceptors (Lipinski definition) is 5. The van der Waals surface area contributed by atoms with Gasteiger partial charge in [0.1, 0.15) is 11.5 Å². The number of carbonyl (C=O) groups excluding carboxylic acids is 2. The Morgan fingerprint density at radius 2 is 1.56 bits per heavy atom. The first-order valence-corrected chi connectivity index (χ1v) is 14.0. The maximum absolute atomic E-state index is 13.5. The average Bonchev–Trinajstić information content (AvgIpc) is 3.26. The van der Waals surface area contributed by atoms with Crippen LogP contribution in [0.1, 0.15) is 48.9 Å². The lowest BCUT2D eigenvalue weighted by Crippen LogP contribution is -2.29. The van der Waals surface area contributed by atoms with Gasteiger partial charge in [-0.05, 0) is 79.6 Å². The number of aryl methyl sites for hydroxylation is 1. The topological polar surface area (TPSA) is 78.9 Å². The summed E-state index contributed by atoms with van der Waals surface area (Å²) in [5.74, 6) is -0.923. The normalized spacial score (nSPS) is 16.1. The van der Waals surface area contributed by atoms with Crippen LogP contribution in [0, 0.1) is 6.92 Å². The van der Waals surface area contributed by atoms with Crippen molar-refractivity contribution < 1.29 is 19.4 Å². The van der Waals surface area contributed by atoms with E-state index in [9.17, 15) is 14.7 Å². The highest BCUT2D eigenvalue weighted by Crippen LogP contribution is 2.42. The summed E-state index contributed by atoms with van der Waals surface area (Å²) in [5.41, 5.74) is 4.59. The zero-order valence-electron chi connectivity index (χ0n) is 23.3. The zero-order chi connectivity index (χ0) is 28.8. The van der Waals surface area contributed by atoms with E-state index in [1.165, 1.54) is 4.90 Å². The predicted octanol–water partition coefficient (Wildman–Crippen LogP) is 7.93. The Balaban J connectivity index is 1.49. The van der Waals surface area contributed by atoms with Gasteiger partial charge in [-0.15, -0.1) is 0 Å². The minimum absolute atomic E-state index is 0.0590. The highest BCUT2D eigenvalue weighted by Gasteiger charge is 2.47. The number of aliphatic hydroxyl groups is 1. The van der Waals surface area contributed by atoms with Crippen molar-refractivity contribution in [2.24, 2.45) is 0 Å². The Kier molecular flexibility index (Phi) is 8.49. The van der Waals surface area contributed by atoms with E-state index in [0.717, 1.165) is 41.8 Å². The zero-order valence-corrected chi connectivity index (χ0v) is 23.3. The molecule has 1 aliphatic heterocycles. The van der Waals surface area contributed by atoms with E-state index in [2.05, 4.69) is 12.2 Å². The summed E-state index contributed by atoms with van der Waals surface area (Å²) in [7, 11) is 0. The molecule has 1 saturated heterocycles. The van der Waals surface area contributed by atoms with Crippen LogP contribution in [0.5, 0.6) is 5.75 Å². The summed E-state index contributed by atoms with van der Waals surface area (Å²) in [4.78, 5) is 28.5. The van der Waals surface area contributed by atoms with Gasteiger partial charge in [0.2, 0.25) is 0 Å². The number of rotatable bonds is 10. The molecule has 1 aliphatic rings. The Morgan fingerprint density at radius 1 is 0.854 bits per heavy atom. The largest absolute Gasteiger partial charge is 0.507 e. The lowest BCUT2D eigenvalue weighted by Gasteiger charge is -2.26. The summed E-state index contributed by atoms with van der Waals surface area (Å²) in [5, 5.41) is 14.8. The fourth-order valence-corrected chi connectivity index (χ4v) is 5.05.